The number of nitrogens with two attached hydrogens (primary N) is 1. The smallest absolute Gasteiger partial charge is 0.244 e. The van der Waals surface area contributed by atoms with Gasteiger partial charge in [0.05, 0.1) is 6.04 Å². The Morgan fingerprint density at radius 1 is 0.806 bits per heavy atom. The maximum Gasteiger partial charge on any atom is 0.244 e. The van der Waals surface area contributed by atoms with Crippen molar-refractivity contribution < 1.29 is 14.4 Å². The Morgan fingerprint density at radius 3 is 2.25 bits per heavy atom. The second kappa shape index (κ2) is 11.3. The predicted molar refractivity (Wildman–Crippen MR) is 145 cm³/mol. The molecule has 0 fully saturated rings. The van der Waals surface area contributed by atoms with Gasteiger partial charge in [-0.3, -0.25) is 14.4 Å². The first-order chi connectivity index (χ1) is 17.3. The van der Waals surface area contributed by atoms with Crippen molar-refractivity contribution in [3.05, 3.63) is 83.2 Å². The topological polar surface area (TPSA) is 113 Å². The lowest BCUT2D eigenvalue weighted by Gasteiger charge is -2.25. The first-order valence-corrected chi connectivity index (χ1v) is 12.7. The molecule has 0 saturated carbocycles. The molecule has 0 bridgehead atoms. The minimum Gasteiger partial charge on any atom is -0.343 e. The summed E-state index contributed by atoms with van der Waals surface area (Å²) in [6.07, 6.45) is 0.0342. The molecule has 3 amide bonds. The maximum atomic E-state index is 13.5. The molecule has 7 nitrogen and oxygen atoms in total. The summed E-state index contributed by atoms with van der Waals surface area (Å²) >= 11 is 1.59. The SMILES string of the molecule is CC(=O)NC(Cc1cccc2ccccc12)NC(=O)[C@@H](Cc1csc2ccccc12)NC(=O)[C@@H](C)N. The Labute approximate surface area is 214 Å². The second-order valence-electron chi connectivity index (χ2n) is 8.92. The molecule has 0 radical (unpaired) electrons. The van der Waals surface area contributed by atoms with E-state index >= 15 is 0 Å². The van der Waals surface area contributed by atoms with E-state index in [1.807, 2.05) is 72.1 Å². The fourth-order valence-electron chi connectivity index (χ4n) is 4.27. The minimum atomic E-state index is -0.856. The van der Waals surface area contributed by atoms with Crippen molar-refractivity contribution in [2.24, 2.45) is 5.73 Å². The molecule has 5 N–H and O–H groups in total. The standard InChI is InChI=1S/C28H30N4O3S/c1-17(29)27(34)31-24(14-21-16-36-25-13-6-5-12-23(21)25)28(35)32-26(30-18(2)33)15-20-10-7-9-19-8-3-4-11-22(19)20/h3-13,16-17,24,26H,14-15,29H2,1-2H3,(H,30,33)(H,31,34)(H,32,35)/t17-,24-,26?/m1/s1. The number of benzene rings is 3. The molecule has 1 aromatic heterocycles. The molecule has 0 aliphatic carbocycles. The summed E-state index contributed by atoms with van der Waals surface area (Å²) in [5.74, 6) is -1.07. The van der Waals surface area contributed by atoms with Gasteiger partial charge in [0.15, 0.2) is 0 Å². The lowest BCUT2D eigenvalue weighted by molar-refractivity contribution is -0.130. The molecule has 4 aromatic rings. The van der Waals surface area contributed by atoms with E-state index in [0.717, 1.165) is 32.0 Å². The van der Waals surface area contributed by atoms with Gasteiger partial charge >= 0.3 is 0 Å². The molecule has 0 aliphatic rings. The zero-order chi connectivity index (χ0) is 25.7. The summed E-state index contributed by atoms with van der Waals surface area (Å²) in [7, 11) is 0. The Bertz CT molecular complexity index is 1390. The second-order valence-corrected chi connectivity index (χ2v) is 9.83. The van der Waals surface area contributed by atoms with Gasteiger partial charge in [-0.05, 0) is 45.7 Å². The normalized spacial score (nSPS) is 13.6. The van der Waals surface area contributed by atoms with E-state index in [-0.39, 0.29) is 5.91 Å². The van der Waals surface area contributed by atoms with Crippen LogP contribution in [-0.2, 0) is 27.2 Å². The molecule has 0 saturated heterocycles. The Morgan fingerprint density at radius 2 is 1.50 bits per heavy atom. The van der Waals surface area contributed by atoms with Crippen molar-refractivity contribution in [3.63, 3.8) is 0 Å². The fourth-order valence-corrected chi connectivity index (χ4v) is 5.25. The molecule has 3 atom stereocenters. The quantitative estimate of drug-likeness (QED) is 0.263. The van der Waals surface area contributed by atoms with Gasteiger partial charge in [-0.2, -0.15) is 0 Å². The van der Waals surface area contributed by atoms with Crippen LogP contribution in [0.1, 0.15) is 25.0 Å². The third-order valence-corrected chi connectivity index (χ3v) is 7.04. The molecule has 8 heteroatoms. The van der Waals surface area contributed by atoms with Crippen molar-refractivity contribution in [1.29, 1.82) is 0 Å². The maximum absolute atomic E-state index is 13.5. The van der Waals surface area contributed by atoms with E-state index < -0.39 is 30.1 Å². The number of carbonyl (C=O) groups is 3. The van der Waals surface area contributed by atoms with Gasteiger partial charge in [-0.1, -0.05) is 60.7 Å². The van der Waals surface area contributed by atoms with Crippen LogP contribution in [0.2, 0.25) is 0 Å². The molecule has 1 unspecified atom stereocenters. The van der Waals surface area contributed by atoms with E-state index in [2.05, 4.69) is 16.0 Å². The number of thiophene rings is 1. The van der Waals surface area contributed by atoms with Gasteiger partial charge in [0.2, 0.25) is 17.7 Å². The predicted octanol–water partition coefficient (Wildman–Crippen LogP) is 3.25. The fraction of sp³-hybridized carbons (Fsp3) is 0.250. The van der Waals surface area contributed by atoms with Gasteiger partial charge < -0.3 is 21.7 Å². The summed E-state index contributed by atoms with van der Waals surface area (Å²) in [5.41, 5.74) is 7.73. The number of carbonyl (C=O) groups excluding carboxylic acids is 3. The van der Waals surface area contributed by atoms with E-state index in [4.69, 9.17) is 5.73 Å². The van der Waals surface area contributed by atoms with E-state index in [9.17, 15) is 14.4 Å². The lowest BCUT2D eigenvalue weighted by Crippen LogP contribution is -2.57. The van der Waals surface area contributed by atoms with Gasteiger partial charge in [-0.25, -0.2) is 0 Å². The van der Waals surface area contributed by atoms with Gasteiger partial charge in [-0.15, -0.1) is 11.3 Å². The number of nitrogens with one attached hydrogen (secondary N) is 3. The molecular formula is C28H30N4O3S. The van der Waals surface area contributed by atoms with Crippen LogP contribution in [0.15, 0.2) is 72.1 Å². The Hall–Kier alpha value is -3.75. The van der Waals surface area contributed by atoms with E-state index in [0.29, 0.717) is 12.8 Å². The Kier molecular flexibility index (Phi) is 7.97. The molecule has 36 heavy (non-hydrogen) atoms. The van der Waals surface area contributed by atoms with Crippen LogP contribution >= 0.6 is 11.3 Å². The largest absolute Gasteiger partial charge is 0.343 e. The first kappa shape index (κ1) is 25.3. The molecule has 4 rings (SSSR count). The summed E-state index contributed by atoms with van der Waals surface area (Å²) in [6, 6.07) is 20.3. The summed E-state index contributed by atoms with van der Waals surface area (Å²) in [4.78, 5) is 37.9. The number of amides is 3. The highest BCUT2D eigenvalue weighted by atomic mass is 32.1. The number of hydrogen-bond acceptors (Lipinski definition) is 5. The first-order valence-electron chi connectivity index (χ1n) is 11.9. The van der Waals surface area contributed by atoms with Crippen molar-refractivity contribution in [2.75, 3.05) is 0 Å². The summed E-state index contributed by atoms with van der Waals surface area (Å²) in [6.45, 7) is 2.99. The number of rotatable bonds is 9. The van der Waals surface area contributed by atoms with Crippen molar-refractivity contribution in [1.82, 2.24) is 16.0 Å². The highest BCUT2D eigenvalue weighted by Crippen LogP contribution is 2.27. The molecular weight excluding hydrogens is 472 g/mol. The molecule has 0 aliphatic heterocycles. The average Bonchev–Trinajstić information content (AvgIpc) is 3.26. The van der Waals surface area contributed by atoms with Gasteiger partial charge in [0, 0.05) is 24.5 Å². The zero-order valence-electron chi connectivity index (χ0n) is 20.3. The van der Waals surface area contributed by atoms with Crippen LogP contribution in [0, 0.1) is 0 Å². The van der Waals surface area contributed by atoms with Crippen LogP contribution in [0.5, 0.6) is 0 Å². The summed E-state index contributed by atoms with van der Waals surface area (Å²) in [5, 5.41) is 13.7. The van der Waals surface area contributed by atoms with Crippen molar-refractivity contribution in [2.45, 2.75) is 44.9 Å². The van der Waals surface area contributed by atoms with Crippen molar-refractivity contribution in [3.8, 4) is 0 Å². The third-order valence-electron chi connectivity index (χ3n) is 6.03. The number of fused-ring (bicyclic) bond motifs is 2. The molecule has 3 aromatic carbocycles. The van der Waals surface area contributed by atoms with Crippen molar-refractivity contribution >= 4 is 49.9 Å². The van der Waals surface area contributed by atoms with Crippen LogP contribution in [0.25, 0.3) is 20.9 Å². The summed E-state index contributed by atoms with van der Waals surface area (Å²) < 4.78 is 1.11. The van der Waals surface area contributed by atoms with E-state index in [1.165, 1.54) is 6.92 Å². The average molecular weight is 503 g/mol. The van der Waals surface area contributed by atoms with Crippen LogP contribution in [-0.4, -0.2) is 36.0 Å². The monoisotopic (exact) mass is 502 g/mol. The Balaban J connectivity index is 1.58. The highest BCUT2D eigenvalue weighted by molar-refractivity contribution is 7.17. The van der Waals surface area contributed by atoms with Crippen LogP contribution in [0.4, 0.5) is 0 Å². The highest BCUT2D eigenvalue weighted by Gasteiger charge is 2.26. The molecule has 1 heterocycles. The lowest BCUT2D eigenvalue weighted by atomic mass is 10.0. The van der Waals surface area contributed by atoms with Crippen LogP contribution < -0.4 is 21.7 Å². The van der Waals surface area contributed by atoms with Crippen LogP contribution in [0.3, 0.4) is 0 Å². The number of hydrogen-bond donors (Lipinski definition) is 4. The van der Waals surface area contributed by atoms with Gasteiger partial charge in [0.1, 0.15) is 12.2 Å². The third kappa shape index (κ3) is 6.08. The van der Waals surface area contributed by atoms with E-state index in [1.54, 1.807) is 18.3 Å². The molecule has 186 valence electrons. The molecule has 0 spiro atoms. The minimum absolute atomic E-state index is 0.263. The van der Waals surface area contributed by atoms with Gasteiger partial charge in [0.25, 0.3) is 0 Å². The zero-order valence-corrected chi connectivity index (χ0v) is 21.1.